The molecule has 3 aromatic carbocycles. The molecule has 4 rings (SSSR count). The van der Waals surface area contributed by atoms with Crippen molar-refractivity contribution in [3.63, 3.8) is 0 Å². The van der Waals surface area contributed by atoms with Crippen molar-refractivity contribution in [3.05, 3.63) is 95.7 Å². The van der Waals surface area contributed by atoms with Gasteiger partial charge < -0.3 is 15.8 Å². The van der Waals surface area contributed by atoms with Gasteiger partial charge in [0, 0.05) is 36.1 Å². The molecule has 33 heavy (non-hydrogen) atoms. The maximum absolute atomic E-state index is 14.2. The first-order chi connectivity index (χ1) is 15.8. The summed E-state index contributed by atoms with van der Waals surface area (Å²) in [5, 5.41) is 6.88. The highest BCUT2D eigenvalue weighted by atomic mass is 19.1. The van der Waals surface area contributed by atoms with Crippen molar-refractivity contribution in [1.29, 1.82) is 0 Å². The van der Waals surface area contributed by atoms with Crippen molar-refractivity contribution in [3.8, 4) is 22.8 Å². The Kier molecular flexibility index (Phi) is 5.86. The van der Waals surface area contributed by atoms with Crippen LogP contribution >= 0.6 is 0 Å². The molecule has 166 valence electrons. The van der Waals surface area contributed by atoms with Gasteiger partial charge in [-0.25, -0.2) is 8.78 Å². The topological polar surface area (TPSA) is 99.2 Å². The third-order valence-corrected chi connectivity index (χ3v) is 4.73. The monoisotopic (exact) mass is 448 g/mol. The van der Waals surface area contributed by atoms with Crippen LogP contribution in [0.25, 0.3) is 11.3 Å². The number of primary amides is 1. The average molecular weight is 448 g/mol. The maximum atomic E-state index is 14.2. The SMILES string of the molecule is Cn1cc(C(=O)Nc2ccc(Oc3cccc(C(N)=O)c3)cc2)c(-c2ccc(F)cc2F)n1. The Morgan fingerprint density at radius 3 is 2.45 bits per heavy atom. The molecule has 0 radical (unpaired) electrons. The molecule has 3 N–H and O–H groups in total. The number of halogens is 2. The van der Waals surface area contributed by atoms with Gasteiger partial charge in [-0.15, -0.1) is 0 Å². The molecule has 0 bridgehead atoms. The highest BCUT2D eigenvalue weighted by Crippen LogP contribution is 2.27. The van der Waals surface area contributed by atoms with Crippen LogP contribution in [0.2, 0.25) is 0 Å². The van der Waals surface area contributed by atoms with Crippen LogP contribution in [0.4, 0.5) is 14.5 Å². The predicted molar refractivity (Wildman–Crippen MR) is 118 cm³/mol. The minimum Gasteiger partial charge on any atom is -0.457 e. The summed E-state index contributed by atoms with van der Waals surface area (Å²) in [4.78, 5) is 24.1. The first kappa shape index (κ1) is 21.7. The molecule has 1 heterocycles. The average Bonchev–Trinajstić information content (AvgIpc) is 3.17. The summed E-state index contributed by atoms with van der Waals surface area (Å²) in [7, 11) is 1.60. The van der Waals surface area contributed by atoms with E-state index in [9.17, 15) is 18.4 Å². The quantitative estimate of drug-likeness (QED) is 0.453. The molecule has 4 aromatic rings. The van der Waals surface area contributed by atoms with E-state index in [1.807, 2.05) is 0 Å². The Bertz CT molecular complexity index is 1350. The Labute approximate surface area is 187 Å². The number of ether oxygens (including phenoxy) is 1. The summed E-state index contributed by atoms with van der Waals surface area (Å²) < 4.78 is 34.6. The standard InChI is InChI=1S/C24H18F2N4O3/c1-30-13-20(22(29-30)19-10-5-15(25)12-21(19)26)24(32)28-16-6-8-17(9-7-16)33-18-4-2-3-14(11-18)23(27)31/h2-13H,1H3,(H2,27,31)(H,28,32). The Balaban J connectivity index is 1.51. The number of nitrogens with zero attached hydrogens (tertiary/aromatic N) is 2. The normalized spacial score (nSPS) is 10.6. The van der Waals surface area contributed by atoms with Gasteiger partial charge in [-0.1, -0.05) is 6.07 Å². The molecule has 9 heteroatoms. The predicted octanol–water partition coefficient (Wildman–Crippen LogP) is 4.51. The van der Waals surface area contributed by atoms with E-state index in [-0.39, 0.29) is 16.8 Å². The number of rotatable bonds is 6. The van der Waals surface area contributed by atoms with Gasteiger partial charge in [-0.05, 0) is 54.6 Å². The number of amides is 2. The molecule has 1 aromatic heterocycles. The molecule has 0 saturated carbocycles. The van der Waals surface area contributed by atoms with Gasteiger partial charge in [0.2, 0.25) is 5.91 Å². The lowest BCUT2D eigenvalue weighted by Crippen LogP contribution is -2.12. The second-order valence-electron chi connectivity index (χ2n) is 7.16. The fourth-order valence-electron chi connectivity index (χ4n) is 3.19. The van der Waals surface area contributed by atoms with E-state index >= 15 is 0 Å². The number of carbonyl (C=O) groups excluding carboxylic acids is 2. The van der Waals surface area contributed by atoms with E-state index in [0.717, 1.165) is 12.1 Å². The zero-order chi connectivity index (χ0) is 23.5. The van der Waals surface area contributed by atoms with E-state index in [2.05, 4.69) is 10.4 Å². The smallest absolute Gasteiger partial charge is 0.259 e. The second kappa shape index (κ2) is 8.91. The summed E-state index contributed by atoms with van der Waals surface area (Å²) in [6.07, 6.45) is 1.46. The van der Waals surface area contributed by atoms with Crippen LogP contribution < -0.4 is 15.8 Å². The van der Waals surface area contributed by atoms with Crippen molar-refractivity contribution < 1.29 is 23.1 Å². The number of nitrogens with one attached hydrogen (secondary N) is 1. The molecule has 0 spiro atoms. The van der Waals surface area contributed by atoms with Gasteiger partial charge in [0.25, 0.3) is 5.91 Å². The van der Waals surface area contributed by atoms with Gasteiger partial charge in [-0.3, -0.25) is 14.3 Å². The molecular formula is C24H18F2N4O3. The Hall–Kier alpha value is -4.53. The number of nitrogens with two attached hydrogens (primary N) is 1. The third-order valence-electron chi connectivity index (χ3n) is 4.73. The van der Waals surface area contributed by atoms with Crippen molar-refractivity contribution in [2.24, 2.45) is 12.8 Å². The minimum absolute atomic E-state index is 0.0177. The Morgan fingerprint density at radius 2 is 1.76 bits per heavy atom. The van der Waals surface area contributed by atoms with Crippen LogP contribution in [0.1, 0.15) is 20.7 Å². The fraction of sp³-hybridized carbons (Fsp3) is 0.0417. The van der Waals surface area contributed by atoms with Crippen LogP contribution in [0.3, 0.4) is 0 Å². The molecule has 0 aliphatic carbocycles. The van der Waals surface area contributed by atoms with E-state index in [1.165, 1.54) is 23.0 Å². The number of aromatic nitrogens is 2. The van der Waals surface area contributed by atoms with E-state index in [4.69, 9.17) is 10.5 Å². The molecule has 2 amide bonds. The summed E-state index contributed by atoms with van der Waals surface area (Å²) in [5.74, 6) is -1.69. The minimum atomic E-state index is -0.815. The maximum Gasteiger partial charge on any atom is 0.259 e. The van der Waals surface area contributed by atoms with E-state index in [1.54, 1.807) is 49.5 Å². The Morgan fingerprint density at radius 1 is 1.00 bits per heavy atom. The summed E-state index contributed by atoms with van der Waals surface area (Å²) >= 11 is 0. The third kappa shape index (κ3) is 4.87. The zero-order valence-electron chi connectivity index (χ0n) is 17.4. The first-order valence-corrected chi connectivity index (χ1v) is 9.78. The second-order valence-corrected chi connectivity index (χ2v) is 7.16. The number of aryl methyl sites for hydroxylation is 1. The molecule has 7 nitrogen and oxygen atoms in total. The lowest BCUT2D eigenvalue weighted by Gasteiger charge is -2.09. The number of hydrogen-bond acceptors (Lipinski definition) is 4. The summed E-state index contributed by atoms with van der Waals surface area (Å²) in [6, 6.07) is 16.0. The summed E-state index contributed by atoms with van der Waals surface area (Å²) in [6.45, 7) is 0. The van der Waals surface area contributed by atoms with Crippen molar-refractivity contribution >= 4 is 17.5 Å². The van der Waals surface area contributed by atoms with Gasteiger partial charge in [-0.2, -0.15) is 5.10 Å². The largest absolute Gasteiger partial charge is 0.457 e. The molecule has 0 unspecified atom stereocenters. The van der Waals surface area contributed by atoms with Crippen molar-refractivity contribution in [2.75, 3.05) is 5.32 Å². The van der Waals surface area contributed by atoms with Gasteiger partial charge >= 0.3 is 0 Å². The van der Waals surface area contributed by atoms with Crippen LogP contribution in [0.15, 0.2) is 72.9 Å². The number of hydrogen-bond donors (Lipinski definition) is 2. The molecule has 0 aliphatic rings. The highest BCUT2D eigenvalue weighted by Gasteiger charge is 2.20. The molecular weight excluding hydrogens is 430 g/mol. The van der Waals surface area contributed by atoms with Gasteiger partial charge in [0.15, 0.2) is 0 Å². The van der Waals surface area contributed by atoms with E-state index < -0.39 is 23.4 Å². The van der Waals surface area contributed by atoms with Gasteiger partial charge in [0.05, 0.1) is 5.56 Å². The molecule has 0 fully saturated rings. The zero-order valence-corrected chi connectivity index (χ0v) is 17.4. The fourth-order valence-corrected chi connectivity index (χ4v) is 3.19. The van der Waals surface area contributed by atoms with Crippen LogP contribution in [0.5, 0.6) is 11.5 Å². The number of carbonyl (C=O) groups is 2. The lowest BCUT2D eigenvalue weighted by atomic mass is 10.1. The highest BCUT2D eigenvalue weighted by molar-refractivity contribution is 6.08. The summed E-state index contributed by atoms with van der Waals surface area (Å²) in [5.41, 5.74) is 6.31. The first-order valence-electron chi connectivity index (χ1n) is 9.78. The number of benzene rings is 3. The van der Waals surface area contributed by atoms with Crippen LogP contribution in [-0.2, 0) is 7.05 Å². The molecule has 0 aliphatic heterocycles. The number of anilines is 1. The van der Waals surface area contributed by atoms with E-state index in [0.29, 0.717) is 22.7 Å². The molecule has 0 saturated heterocycles. The van der Waals surface area contributed by atoms with Crippen molar-refractivity contribution in [2.45, 2.75) is 0 Å². The molecule has 0 atom stereocenters. The van der Waals surface area contributed by atoms with Crippen molar-refractivity contribution in [1.82, 2.24) is 9.78 Å². The van der Waals surface area contributed by atoms with Crippen LogP contribution in [-0.4, -0.2) is 21.6 Å². The lowest BCUT2D eigenvalue weighted by molar-refractivity contribution is 0.0997. The van der Waals surface area contributed by atoms with Crippen LogP contribution in [0, 0.1) is 11.6 Å². The van der Waals surface area contributed by atoms with Gasteiger partial charge in [0.1, 0.15) is 28.8 Å².